The van der Waals surface area contributed by atoms with E-state index in [1.165, 1.54) is 0 Å². The molecule has 0 radical (unpaired) electrons. The SMILES string of the molecule is CCCCOCCOCCNC(=NC)NCc1noc(C(C)(C)C)n1.I. The highest BCUT2D eigenvalue weighted by Gasteiger charge is 2.21. The lowest BCUT2D eigenvalue weighted by atomic mass is 9.97. The molecule has 0 saturated heterocycles. The van der Waals surface area contributed by atoms with Crippen LogP contribution in [-0.4, -0.2) is 56.1 Å². The highest BCUT2D eigenvalue weighted by Crippen LogP contribution is 2.19. The summed E-state index contributed by atoms with van der Waals surface area (Å²) in [7, 11) is 1.72. The van der Waals surface area contributed by atoms with Gasteiger partial charge in [0.15, 0.2) is 11.8 Å². The molecule has 0 aliphatic heterocycles. The fourth-order valence-corrected chi connectivity index (χ4v) is 1.82. The van der Waals surface area contributed by atoms with Crippen molar-refractivity contribution in [2.45, 2.75) is 52.5 Å². The number of ether oxygens (including phenoxy) is 2. The van der Waals surface area contributed by atoms with E-state index in [9.17, 15) is 0 Å². The van der Waals surface area contributed by atoms with E-state index in [1.54, 1.807) is 7.05 Å². The fourth-order valence-electron chi connectivity index (χ4n) is 1.82. The number of aromatic nitrogens is 2. The summed E-state index contributed by atoms with van der Waals surface area (Å²) >= 11 is 0. The molecule has 0 fully saturated rings. The quantitative estimate of drug-likeness (QED) is 0.216. The molecule has 0 aliphatic carbocycles. The topological polar surface area (TPSA) is 93.8 Å². The number of nitrogens with zero attached hydrogens (tertiary/aromatic N) is 3. The molecule has 0 aromatic carbocycles. The molecule has 1 aromatic heterocycles. The molecule has 0 aliphatic rings. The van der Waals surface area contributed by atoms with Crippen LogP contribution in [0, 0.1) is 0 Å². The van der Waals surface area contributed by atoms with E-state index >= 15 is 0 Å². The predicted molar refractivity (Wildman–Crippen MR) is 113 cm³/mol. The summed E-state index contributed by atoms with van der Waals surface area (Å²) in [5, 5.41) is 10.3. The number of unbranched alkanes of at least 4 members (excludes halogenated alkanes) is 1. The van der Waals surface area contributed by atoms with Crippen LogP contribution in [0.5, 0.6) is 0 Å². The lowest BCUT2D eigenvalue weighted by Gasteiger charge is -2.11. The van der Waals surface area contributed by atoms with Gasteiger partial charge in [0.2, 0.25) is 5.89 Å². The van der Waals surface area contributed by atoms with Gasteiger partial charge in [0.05, 0.1) is 26.4 Å². The van der Waals surface area contributed by atoms with Crippen LogP contribution in [0.15, 0.2) is 9.52 Å². The van der Waals surface area contributed by atoms with Crippen molar-refractivity contribution in [1.82, 2.24) is 20.8 Å². The first-order chi connectivity index (χ1) is 12.0. The number of guanidine groups is 1. The Morgan fingerprint density at radius 3 is 2.38 bits per heavy atom. The number of hydrogen-bond donors (Lipinski definition) is 2. The van der Waals surface area contributed by atoms with Crippen molar-refractivity contribution in [1.29, 1.82) is 0 Å². The Kier molecular flexibility index (Phi) is 13.6. The van der Waals surface area contributed by atoms with Gasteiger partial charge >= 0.3 is 0 Å². The molecule has 1 heterocycles. The van der Waals surface area contributed by atoms with Crippen molar-refractivity contribution in [2.75, 3.05) is 40.0 Å². The lowest BCUT2D eigenvalue weighted by molar-refractivity contribution is 0.0487. The molecule has 9 heteroatoms. The second kappa shape index (κ2) is 14.2. The Hall–Kier alpha value is -0.940. The van der Waals surface area contributed by atoms with Crippen LogP contribution in [0.2, 0.25) is 0 Å². The Morgan fingerprint density at radius 2 is 1.81 bits per heavy atom. The van der Waals surface area contributed by atoms with E-state index in [4.69, 9.17) is 14.0 Å². The van der Waals surface area contributed by atoms with E-state index in [0.717, 1.165) is 19.4 Å². The summed E-state index contributed by atoms with van der Waals surface area (Å²) in [6.07, 6.45) is 2.25. The summed E-state index contributed by atoms with van der Waals surface area (Å²) in [4.78, 5) is 8.53. The third-order valence-corrected chi connectivity index (χ3v) is 3.30. The molecule has 0 unspecified atom stereocenters. The van der Waals surface area contributed by atoms with E-state index in [1.807, 2.05) is 20.8 Å². The first-order valence-electron chi connectivity index (χ1n) is 8.90. The number of nitrogens with one attached hydrogen (secondary N) is 2. The average Bonchev–Trinajstić information content (AvgIpc) is 3.05. The standard InChI is InChI=1S/C17H33N5O3.HI/c1-6-7-9-23-11-12-24-10-8-19-16(18-5)20-13-14-21-15(25-22-14)17(2,3)4;/h6-13H2,1-5H3,(H2,18,19,20);1H. The third kappa shape index (κ3) is 10.9. The highest BCUT2D eigenvalue weighted by molar-refractivity contribution is 14.0. The van der Waals surface area contributed by atoms with Gasteiger partial charge in [-0.05, 0) is 6.42 Å². The van der Waals surface area contributed by atoms with Crippen LogP contribution in [0.25, 0.3) is 0 Å². The summed E-state index contributed by atoms with van der Waals surface area (Å²) in [5.41, 5.74) is -0.150. The zero-order chi connectivity index (χ0) is 18.5. The maximum Gasteiger partial charge on any atom is 0.232 e. The van der Waals surface area contributed by atoms with Crippen molar-refractivity contribution in [2.24, 2.45) is 4.99 Å². The molecule has 0 saturated carbocycles. The van der Waals surface area contributed by atoms with Gasteiger partial charge in [0, 0.05) is 25.6 Å². The Labute approximate surface area is 173 Å². The smallest absolute Gasteiger partial charge is 0.232 e. The molecule has 8 nitrogen and oxygen atoms in total. The minimum atomic E-state index is -0.150. The average molecular weight is 483 g/mol. The first kappa shape index (κ1) is 25.1. The molecule has 152 valence electrons. The van der Waals surface area contributed by atoms with Crippen molar-refractivity contribution < 1.29 is 14.0 Å². The van der Waals surface area contributed by atoms with Crippen molar-refractivity contribution in [3.05, 3.63) is 11.7 Å². The van der Waals surface area contributed by atoms with Crippen molar-refractivity contribution >= 4 is 29.9 Å². The lowest BCUT2D eigenvalue weighted by Crippen LogP contribution is -2.38. The van der Waals surface area contributed by atoms with Crippen LogP contribution in [0.4, 0.5) is 0 Å². The Morgan fingerprint density at radius 1 is 1.12 bits per heavy atom. The van der Waals surface area contributed by atoms with Gasteiger partial charge in [0.1, 0.15) is 0 Å². The predicted octanol–water partition coefficient (Wildman–Crippen LogP) is 2.48. The summed E-state index contributed by atoms with van der Waals surface area (Å²) in [6, 6.07) is 0. The molecule has 0 atom stereocenters. The summed E-state index contributed by atoms with van der Waals surface area (Å²) in [6.45, 7) is 12.0. The maximum absolute atomic E-state index is 5.50. The number of aliphatic imine (C=N–C) groups is 1. The van der Waals surface area contributed by atoms with E-state index in [2.05, 4.69) is 32.7 Å². The Balaban J connectivity index is 0.00000625. The van der Waals surface area contributed by atoms with Gasteiger partial charge in [-0.2, -0.15) is 4.98 Å². The number of hydrogen-bond acceptors (Lipinski definition) is 6. The van der Waals surface area contributed by atoms with Gasteiger partial charge in [0.25, 0.3) is 0 Å². The van der Waals surface area contributed by atoms with E-state index in [-0.39, 0.29) is 29.4 Å². The first-order valence-corrected chi connectivity index (χ1v) is 8.90. The third-order valence-electron chi connectivity index (χ3n) is 3.30. The van der Waals surface area contributed by atoms with Crippen LogP contribution in [-0.2, 0) is 21.4 Å². The fraction of sp³-hybridized carbons (Fsp3) is 0.824. The van der Waals surface area contributed by atoms with Gasteiger partial charge in [-0.15, -0.1) is 24.0 Å². The summed E-state index contributed by atoms with van der Waals surface area (Å²) < 4.78 is 16.2. The zero-order valence-electron chi connectivity index (χ0n) is 16.6. The van der Waals surface area contributed by atoms with Gasteiger partial charge in [-0.3, -0.25) is 4.99 Å². The second-order valence-electron chi connectivity index (χ2n) is 6.70. The Bertz CT molecular complexity index is 503. The molecule has 1 aromatic rings. The van der Waals surface area contributed by atoms with E-state index in [0.29, 0.717) is 50.6 Å². The maximum atomic E-state index is 5.50. The molecule has 0 spiro atoms. The second-order valence-corrected chi connectivity index (χ2v) is 6.70. The summed E-state index contributed by atoms with van der Waals surface area (Å²) in [5.74, 6) is 1.90. The van der Waals surface area contributed by atoms with Crippen LogP contribution in [0.3, 0.4) is 0 Å². The van der Waals surface area contributed by atoms with E-state index < -0.39 is 0 Å². The molecular weight excluding hydrogens is 449 g/mol. The van der Waals surface area contributed by atoms with Gasteiger partial charge in [-0.25, -0.2) is 0 Å². The zero-order valence-corrected chi connectivity index (χ0v) is 19.0. The van der Waals surface area contributed by atoms with Crippen LogP contribution < -0.4 is 10.6 Å². The van der Waals surface area contributed by atoms with Gasteiger partial charge in [-0.1, -0.05) is 39.3 Å². The molecule has 0 bridgehead atoms. The minimum Gasteiger partial charge on any atom is -0.379 e. The molecule has 2 N–H and O–H groups in total. The highest BCUT2D eigenvalue weighted by atomic mass is 127. The van der Waals surface area contributed by atoms with Gasteiger partial charge < -0.3 is 24.6 Å². The minimum absolute atomic E-state index is 0. The van der Waals surface area contributed by atoms with Crippen LogP contribution >= 0.6 is 24.0 Å². The largest absolute Gasteiger partial charge is 0.379 e. The van der Waals surface area contributed by atoms with Crippen molar-refractivity contribution in [3.63, 3.8) is 0 Å². The number of rotatable bonds is 11. The molecule has 1 rings (SSSR count). The monoisotopic (exact) mass is 483 g/mol. The number of halogens is 1. The van der Waals surface area contributed by atoms with Crippen molar-refractivity contribution in [3.8, 4) is 0 Å². The molecular formula is C17H34IN5O3. The normalized spacial score (nSPS) is 12.0. The van der Waals surface area contributed by atoms with Crippen LogP contribution in [0.1, 0.15) is 52.3 Å². The molecule has 0 amide bonds. The molecule has 26 heavy (non-hydrogen) atoms.